The number of ketones is 1. The number of hydrogen-bond donors (Lipinski definition) is 1. The second-order valence-corrected chi connectivity index (χ2v) is 5.72. The van der Waals surface area contributed by atoms with Gasteiger partial charge >= 0.3 is 0 Å². The van der Waals surface area contributed by atoms with Gasteiger partial charge < -0.3 is 5.32 Å². The summed E-state index contributed by atoms with van der Waals surface area (Å²) in [4.78, 5) is 23.9. The highest BCUT2D eigenvalue weighted by molar-refractivity contribution is 5.97. The van der Waals surface area contributed by atoms with Crippen LogP contribution in [0, 0.1) is 5.92 Å². The zero-order valence-corrected chi connectivity index (χ0v) is 12.1. The van der Waals surface area contributed by atoms with Gasteiger partial charge in [0.25, 0.3) is 0 Å². The summed E-state index contributed by atoms with van der Waals surface area (Å²) in [5.74, 6) is 0.600. The van der Waals surface area contributed by atoms with Crippen LogP contribution in [-0.4, -0.2) is 17.7 Å². The summed E-state index contributed by atoms with van der Waals surface area (Å²) in [6.07, 6.45) is 5.29. The number of hydrogen-bond acceptors (Lipinski definition) is 2. The minimum atomic E-state index is 0.00744. The van der Waals surface area contributed by atoms with Crippen LogP contribution in [0.15, 0.2) is 30.3 Å². The predicted octanol–water partition coefficient (Wildman–Crippen LogP) is 3.34. The number of Topliss-reactive ketones (excluding diaryl/α,β-unsaturated/α-hetero) is 1. The molecule has 0 aromatic heterocycles. The van der Waals surface area contributed by atoms with Crippen LogP contribution >= 0.6 is 0 Å². The maximum atomic E-state index is 11.9. The van der Waals surface area contributed by atoms with Crippen molar-refractivity contribution >= 4 is 11.7 Å². The largest absolute Gasteiger partial charge is 0.353 e. The van der Waals surface area contributed by atoms with Gasteiger partial charge in [0.1, 0.15) is 0 Å². The van der Waals surface area contributed by atoms with Crippen molar-refractivity contribution in [2.45, 2.75) is 51.5 Å². The van der Waals surface area contributed by atoms with Gasteiger partial charge in [0, 0.05) is 24.4 Å². The molecule has 0 bridgehead atoms. The SMILES string of the molecule is C[C@H]1CCCC[C@@H]1NC(=O)CCC(=O)c1ccccc1. The quantitative estimate of drug-likeness (QED) is 0.836. The van der Waals surface area contributed by atoms with E-state index in [4.69, 9.17) is 0 Å². The fraction of sp³-hybridized carbons (Fsp3) is 0.529. The van der Waals surface area contributed by atoms with E-state index < -0.39 is 0 Å². The number of amides is 1. The van der Waals surface area contributed by atoms with E-state index in [2.05, 4.69) is 12.2 Å². The Hall–Kier alpha value is -1.64. The summed E-state index contributed by atoms with van der Waals surface area (Å²) < 4.78 is 0. The number of nitrogens with one attached hydrogen (secondary N) is 1. The highest BCUT2D eigenvalue weighted by Gasteiger charge is 2.22. The molecule has 2 rings (SSSR count). The predicted molar refractivity (Wildman–Crippen MR) is 79.6 cm³/mol. The van der Waals surface area contributed by atoms with Crippen LogP contribution in [0.2, 0.25) is 0 Å². The first-order chi connectivity index (χ1) is 9.66. The van der Waals surface area contributed by atoms with Crippen molar-refractivity contribution in [1.82, 2.24) is 5.32 Å². The third-order valence-corrected chi connectivity index (χ3v) is 4.13. The van der Waals surface area contributed by atoms with E-state index in [1.54, 1.807) is 12.1 Å². The second kappa shape index (κ2) is 7.22. The van der Waals surface area contributed by atoms with Gasteiger partial charge in [-0.25, -0.2) is 0 Å². The molecule has 1 aromatic rings. The van der Waals surface area contributed by atoms with Crippen molar-refractivity contribution in [2.24, 2.45) is 5.92 Å². The zero-order chi connectivity index (χ0) is 14.4. The van der Waals surface area contributed by atoms with Crippen molar-refractivity contribution in [3.05, 3.63) is 35.9 Å². The summed E-state index contributed by atoms with van der Waals surface area (Å²) in [5.41, 5.74) is 0.686. The number of carbonyl (C=O) groups excluding carboxylic acids is 2. The van der Waals surface area contributed by atoms with Crippen molar-refractivity contribution in [1.29, 1.82) is 0 Å². The van der Waals surface area contributed by atoms with Gasteiger partial charge in [-0.05, 0) is 18.8 Å². The van der Waals surface area contributed by atoms with E-state index in [9.17, 15) is 9.59 Å². The third kappa shape index (κ3) is 4.19. The van der Waals surface area contributed by atoms with Gasteiger partial charge in [-0.15, -0.1) is 0 Å². The standard InChI is InChI=1S/C17H23NO2/c1-13-7-5-6-10-15(13)18-17(20)12-11-16(19)14-8-3-2-4-9-14/h2-4,8-9,13,15H,5-7,10-12H2,1H3,(H,18,20)/t13-,15-/m0/s1. The van der Waals surface area contributed by atoms with Gasteiger partial charge in [-0.2, -0.15) is 0 Å². The second-order valence-electron chi connectivity index (χ2n) is 5.72. The molecular formula is C17H23NO2. The molecule has 108 valence electrons. The lowest BCUT2D eigenvalue weighted by Crippen LogP contribution is -2.41. The summed E-state index contributed by atoms with van der Waals surface area (Å²) in [6, 6.07) is 9.46. The maximum Gasteiger partial charge on any atom is 0.220 e. The van der Waals surface area contributed by atoms with Crippen LogP contribution in [0.1, 0.15) is 55.8 Å². The first-order valence-corrected chi connectivity index (χ1v) is 7.54. The molecule has 0 unspecified atom stereocenters. The molecule has 1 aromatic carbocycles. The number of rotatable bonds is 5. The van der Waals surface area contributed by atoms with E-state index in [0.717, 1.165) is 6.42 Å². The molecule has 1 amide bonds. The summed E-state index contributed by atoms with van der Waals surface area (Å²) in [5, 5.41) is 3.08. The van der Waals surface area contributed by atoms with Crippen LogP contribution in [0.4, 0.5) is 0 Å². The smallest absolute Gasteiger partial charge is 0.220 e. The lowest BCUT2D eigenvalue weighted by molar-refractivity contribution is -0.122. The Morgan fingerprint density at radius 2 is 1.80 bits per heavy atom. The minimum absolute atomic E-state index is 0.00744. The molecule has 1 aliphatic carbocycles. The first kappa shape index (κ1) is 14.8. The Kier molecular flexibility index (Phi) is 5.33. The Balaban J connectivity index is 1.76. The van der Waals surface area contributed by atoms with Gasteiger partial charge in [-0.3, -0.25) is 9.59 Å². The monoisotopic (exact) mass is 273 g/mol. The number of benzene rings is 1. The zero-order valence-electron chi connectivity index (χ0n) is 12.1. The third-order valence-electron chi connectivity index (χ3n) is 4.13. The molecule has 0 aliphatic heterocycles. The highest BCUT2D eigenvalue weighted by Crippen LogP contribution is 2.23. The van der Waals surface area contributed by atoms with Crippen molar-refractivity contribution in [2.75, 3.05) is 0 Å². The minimum Gasteiger partial charge on any atom is -0.353 e. The number of carbonyl (C=O) groups is 2. The molecule has 1 fully saturated rings. The molecule has 0 radical (unpaired) electrons. The molecule has 1 N–H and O–H groups in total. The average Bonchev–Trinajstić information content (AvgIpc) is 2.48. The molecule has 3 heteroatoms. The molecular weight excluding hydrogens is 250 g/mol. The van der Waals surface area contributed by atoms with Crippen LogP contribution in [-0.2, 0) is 4.79 Å². The van der Waals surface area contributed by atoms with Crippen LogP contribution < -0.4 is 5.32 Å². The van der Waals surface area contributed by atoms with Crippen LogP contribution in [0.5, 0.6) is 0 Å². The molecule has 1 saturated carbocycles. The van der Waals surface area contributed by atoms with E-state index in [1.165, 1.54) is 19.3 Å². The Labute approximate surface area is 120 Å². The Bertz CT molecular complexity index is 455. The average molecular weight is 273 g/mol. The topological polar surface area (TPSA) is 46.2 Å². The van der Waals surface area contributed by atoms with Crippen LogP contribution in [0.25, 0.3) is 0 Å². The van der Waals surface area contributed by atoms with E-state index in [1.807, 2.05) is 18.2 Å². The van der Waals surface area contributed by atoms with Gasteiger partial charge in [0.2, 0.25) is 5.91 Å². The highest BCUT2D eigenvalue weighted by atomic mass is 16.2. The molecule has 20 heavy (non-hydrogen) atoms. The van der Waals surface area contributed by atoms with Crippen molar-refractivity contribution in [3.63, 3.8) is 0 Å². The van der Waals surface area contributed by atoms with Crippen molar-refractivity contribution < 1.29 is 9.59 Å². The van der Waals surface area contributed by atoms with Gasteiger partial charge in [0.05, 0.1) is 0 Å². The molecule has 0 spiro atoms. The maximum absolute atomic E-state index is 11.9. The van der Waals surface area contributed by atoms with Crippen molar-refractivity contribution in [3.8, 4) is 0 Å². The lowest BCUT2D eigenvalue weighted by atomic mass is 9.86. The van der Waals surface area contributed by atoms with E-state index >= 15 is 0 Å². The van der Waals surface area contributed by atoms with Crippen LogP contribution in [0.3, 0.4) is 0 Å². The molecule has 0 heterocycles. The summed E-state index contributed by atoms with van der Waals surface area (Å²) >= 11 is 0. The molecule has 2 atom stereocenters. The normalized spacial score (nSPS) is 22.2. The lowest BCUT2D eigenvalue weighted by Gasteiger charge is -2.29. The van der Waals surface area contributed by atoms with Gasteiger partial charge in [0.15, 0.2) is 5.78 Å². The fourth-order valence-electron chi connectivity index (χ4n) is 2.81. The molecule has 1 aliphatic rings. The Morgan fingerprint density at radius 1 is 1.10 bits per heavy atom. The Morgan fingerprint density at radius 3 is 2.50 bits per heavy atom. The summed E-state index contributed by atoms with van der Waals surface area (Å²) in [7, 11) is 0. The first-order valence-electron chi connectivity index (χ1n) is 7.54. The fourth-order valence-corrected chi connectivity index (χ4v) is 2.81. The van der Waals surface area contributed by atoms with E-state index in [0.29, 0.717) is 17.5 Å². The summed E-state index contributed by atoms with van der Waals surface area (Å²) in [6.45, 7) is 2.19. The molecule has 3 nitrogen and oxygen atoms in total. The van der Waals surface area contributed by atoms with E-state index in [-0.39, 0.29) is 24.5 Å². The van der Waals surface area contributed by atoms with Gasteiger partial charge in [-0.1, -0.05) is 50.1 Å². The molecule has 0 saturated heterocycles.